The van der Waals surface area contributed by atoms with Crippen molar-refractivity contribution in [2.75, 3.05) is 18.4 Å². The predicted molar refractivity (Wildman–Crippen MR) is 135 cm³/mol. The second kappa shape index (κ2) is 10.2. The SMILES string of the molecule is Cc1nc(-c2ccccc2)sc1C(=O)Nc1cc(S(=O)(=O)N2CCCCC2)ccc1OC(C)C. The maximum atomic E-state index is 13.2. The Morgan fingerprint density at radius 1 is 1.09 bits per heavy atom. The fourth-order valence-electron chi connectivity index (χ4n) is 3.87. The molecule has 0 aliphatic carbocycles. The molecule has 0 unspecified atom stereocenters. The summed E-state index contributed by atoms with van der Waals surface area (Å²) in [6, 6.07) is 14.3. The third-order valence-corrected chi connectivity index (χ3v) is 8.64. The third kappa shape index (κ3) is 5.32. The number of carbonyl (C=O) groups excluding carboxylic acids is 1. The van der Waals surface area contributed by atoms with E-state index in [-0.39, 0.29) is 16.9 Å². The summed E-state index contributed by atoms with van der Waals surface area (Å²) in [4.78, 5) is 18.4. The van der Waals surface area contributed by atoms with Crippen LogP contribution in [-0.4, -0.2) is 42.8 Å². The van der Waals surface area contributed by atoms with Crippen molar-refractivity contribution in [1.29, 1.82) is 0 Å². The van der Waals surface area contributed by atoms with Crippen LogP contribution in [0.4, 0.5) is 5.69 Å². The first-order valence-electron chi connectivity index (χ1n) is 11.4. The Morgan fingerprint density at radius 3 is 2.47 bits per heavy atom. The molecule has 1 fully saturated rings. The fourth-order valence-corrected chi connectivity index (χ4v) is 6.38. The van der Waals surface area contributed by atoms with E-state index in [1.807, 2.05) is 44.2 Å². The van der Waals surface area contributed by atoms with Crippen molar-refractivity contribution in [2.24, 2.45) is 0 Å². The smallest absolute Gasteiger partial charge is 0.267 e. The normalized spacial score (nSPS) is 14.8. The van der Waals surface area contributed by atoms with Gasteiger partial charge in [-0.15, -0.1) is 11.3 Å². The number of nitrogens with one attached hydrogen (secondary N) is 1. The van der Waals surface area contributed by atoms with Gasteiger partial charge in [0, 0.05) is 18.7 Å². The van der Waals surface area contributed by atoms with E-state index in [1.165, 1.54) is 21.7 Å². The highest BCUT2D eigenvalue weighted by molar-refractivity contribution is 7.89. The first-order chi connectivity index (χ1) is 16.3. The highest BCUT2D eigenvalue weighted by atomic mass is 32.2. The van der Waals surface area contributed by atoms with Crippen molar-refractivity contribution in [3.05, 3.63) is 59.1 Å². The molecule has 4 rings (SSSR count). The summed E-state index contributed by atoms with van der Waals surface area (Å²) >= 11 is 1.30. The van der Waals surface area contributed by atoms with E-state index in [0.717, 1.165) is 29.8 Å². The zero-order chi connectivity index (χ0) is 24.3. The summed E-state index contributed by atoms with van der Waals surface area (Å²) in [7, 11) is -3.65. The van der Waals surface area contributed by atoms with Crippen LogP contribution in [0.5, 0.6) is 5.75 Å². The summed E-state index contributed by atoms with van der Waals surface area (Å²) in [5, 5.41) is 3.63. The number of hydrogen-bond acceptors (Lipinski definition) is 6. The number of benzene rings is 2. The highest BCUT2D eigenvalue weighted by Gasteiger charge is 2.27. The molecule has 1 saturated heterocycles. The molecule has 3 aromatic rings. The number of sulfonamides is 1. The molecule has 1 aliphatic rings. The molecule has 2 aromatic carbocycles. The molecule has 1 aliphatic heterocycles. The van der Waals surface area contributed by atoms with Crippen molar-refractivity contribution < 1.29 is 17.9 Å². The number of anilines is 1. The number of aryl methyl sites for hydroxylation is 1. The zero-order valence-electron chi connectivity index (χ0n) is 19.6. The molecule has 9 heteroatoms. The zero-order valence-corrected chi connectivity index (χ0v) is 21.2. The number of piperidine rings is 1. The van der Waals surface area contributed by atoms with Gasteiger partial charge in [0.15, 0.2) is 0 Å². The van der Waals surface area contributed by atoms with Gasteiger partial charge in [-0.05, 0) is 51.8 Å². The number of nitrogens with zero attached hydrogens (tertiary/aromatic N) is 2. The van der Waals surface area contributed by atoms with Gasteiger partial charge in [0.2, 0.25) is 10.0 Å². The van der Waals surface area contributed by atoms with E-state index < -0.39 is 10.0 Å². The van der Waals surface area contributed by atoms with Gasteiger partial charge in [-0.3, -0.25) is 4.79 Å². The molecular weight excluding hydrogens is 470 g/mol. The standard InChI is InChI=1S/C25H29N3O4S2/c1-17(2)32-22-13-12-20(34(30,31)28-14-8-5-9-15-28)16-21(22)27-24(29)23-18(3)26-25(33-23)19-10-6-4-7-11-19/h4,6-7,10-13,16-17H,5,8-9,14-15H2,1-3H3,(H,27,29). The Morgan fingerprint density at radius 2 is 1.79 bits per heavy atom. The van der Waals surface area contributed by atoms with Crippen LogP contribution in [0.25, 0.3) is 10.6 Å². The first-order valence-corrected chi connectivity index (χ1v) is 13.7. The molecule has 180 valence electrons. The van der Waals surface area contributed by atoms with Crippen molar-refractivity contribution in [1.82, 2.24) is 9.29 Å². The van der Waals surface area contributed by atoms with E-state index >= 15 is 0 Å². The van der Waals surface area contributed by atoms with Gasteiger partial charge in [-0.2, -0.15) is 4.31 Å². The summed E-state index contributed by atoms with van der Waals surface area (Å²) in [5.41, 5.74) is 1.88. The van der Waals surface area contributed by atoms with Crippen LogP contribution in [0.2, 0.25) is 0 Å². The summed E-state index contributed by atoms with van der Waals surface area (Å²) in [6.45, 7) is 6.57. The van der Waals surface area contributed by atoms with E-state index in [9.17, 15) is 13.2 Å². The highest BCUT2D eigenvalue weighted by Crippen LogP contribution is 2.33. The van der Waals surface area contributed by atoms with Crippen LogP contribution in [0, 0.1) is 6.92 Å². The number of thiazole rings is 1. The van der Waals surface area contributed by atoms with Crippen LogP contribution < -0.4 is 10.1 Å². The van der Waals surface area contributed by atoms with E-state index in [4.69, 9.17) is 4.74 Å². The molecule has 0 spiro atoms. The van der Waals surface area contributed by atoms with Gasteiger partial charge in [0.05, 0.1) is 22.4 Å². The summed E-state index contributed by atoms with van der Waals surface area (Å²) in [6.07, 6.45) is 2.60. The molecule has 0 radical (unpaired) electrons. The van der Waals surface area contributed by atoms with Crippen molar-refractivity contribution in [3.8, 4) is 16.3 Å². The van der Waals surface area contributed by atoms with Crippen molar-refractivity contribution in [2.45, 2.75) is 51.0 Å². The van der Waals surface area contributed by atoms with Gasteiger partial charge >= 0.3 is 0 Å². The molecule has 7 nitrogen and oxygen atoms in total. The molecule has 34 heavy (non-hydrogen) atoms. The maximum Gasteiger partial charge on any atom is 0.267 e. The van der Waals surface area contributed by atoms with Gasteiger partial charge in [0.25, 0.3) is 5.91 Å². The van der Waals surface area contributed by atoms with E-state index in [1.54, 1.807) is 19.1 Å². The minimum absolute atomic E-state index is 0.143. The van der Waals surface area contributed by atoms with Crippen LogP contribution in [0.1, 0.15) is 48.5 Å². The topological polar surface area (TPSA) is 88.6 Å². The number of rotatable bonds is 7. The van der Waals surface area contributed by atoms with Crippen LogP contribution in [0.15, 0.2) is 53.4 Å². The third-order valence-electron chi connectivity index (χ3n) is 5.54. The Hall–Kier alpha value is -2.75. The van der Waals surface area contributed by atoms with Crippen LogP contribution >= 0.6 is 11.3 Å². The number of hydrogen-bond donors (Lipinski definition) is 1. The molecule has 2 heterocycles. The van der Waals surface area contributed by atoms with Gasteiger partial charge in [-0.1, -0.05) is 36.8 Å². The average molecular weight is 500 g/mol. The first kappa shape index (κ1) is 24.4. The average Bonchev–Trinajstić information content (AvgIpc) is 3.22. The molecule has 0 atom stereocenters. The second-order valence-corrected chi connectivity index (χ2v) is 11.5. The minimum Gasteiger partial charge on any atom is -0.489 e. The van der Waals surface area contributed by atoms with Gasteiger partial charge < -0.3 is 10.1 Å². The Labute approximate surface area is 204 Å². The number of carbonyl (C=O) groups is 1. The van der Waals surface area contributed by atoms with Crippen molar-refractivity contribution in [3.63, 3.8) is 0 Å². The Kier molecular flexibility index (Phi) is 7.35. The second-order valence-electron chi connectivity index (χ2n) is 8.54. The lowest BCUT2D eigenvalue weighted by molar-refractivity contribution is 0.102. The molecule has 1 N–H and O–H groups in total. The largest absolute Gasteiger partial charge is 0.489 e. The summed E-state index contributed by atoms with van der Waals surface area (Å²) in [5.74, 6) is 0.0738. The monoisotopic (exact) mass is 499 g/mol. The number of amides is 1. The fraction of sp³-hybridized carbons (Fsp3) is 0.360. The van der Waals surface area contributed by atoms with Crippen LogP contribution in [0.3, 0.4) is 0 Å². The quantitative estimate of drug-likeness (QED) is 0.474. The van der Waals surface area contributed by atoms with E-state index in [0.29, 0.717) is 35.1 Å². The minimum atomic E-state index is -3.65. The molecular formula is C25H29N3O4S2. The number of aromatic nitrogens is 1. The predicted octanol–water partition coefficient (Wildman–Crippen LogP) is 5.33. The van der Waals surface area contributed by atoms with Crippen molar-refractivity contribution >= 4 is 33.0 Å². The van der Waals surface area contributed by atoms with Gasteiger partial charge in [0.1, 0.15) is 15.6 Å². The number of ether oxygens (including phenoxy) is 1. The Balaban J connectivity index is 1.65. The lowest BCUT2D eigenvalue weighted by Gasteiger charge is -2.26. The maximum absolute atomic E-state index is 13.2. The molecule has 0 bridgehead atoms. The van der Waals surface area contributed by atoms with E-state index in [2.05, 4.69) is 10.3 Å². The Bertz CT molecular complexity index is 1260. The molecule has 1 aromatic heterocycles. The van der Waals surface area contributed by atoms with Crippen LogP contribution in [-0.2, 0) is 10.0 Å². The summed E-state index contributed by atoms with van der Waals surface area (Å²) < 4.78 is 33.8. The lowest BCUT2D eigenvalue weighted by atomic mass is 10.2. The molecule has 1 amide bonds. The molecule has 0 saturated carbocycles. The van der Waals surface area contributed by atoms with Gasteiger partial charge in [-0.25, -0.2) is 13.4 Å². The lowest BCUT2D eigenvalue weighted by Crippen LogP contribution is -2.35.